The van der Waals surface area contributed by atoms with E-state index in [2.05, 4.69) is 13.0 Å². The summed E-state index contributed by atoms with van der Waals surface area (Å²) < 4.78 is 5.33. The molecule has 0 heterocycles. The van der Waals surface area contributed by atoms with Gasteiger partial charge in [0.25, 0.3) is 0 Å². The zero-order valence-electron chi connectivity index (χ0n) is 15.8. The summed E-state index contributed by atoms with van der Waals surface area (Å²) in [7, 11) is 0. The van der Waals surface area contributed by atoms with Gasteiger partial charge in [-0.05, 0) is 50.2 Å². The molecule has 0 fully saturated rings. The van der Waals surface area contributed by atoms with Gasteiger partial charge in [-0.15, -0.1) is 0 Å². The number of carbonyl (C=O) groups excluding carboxylic acids is 1. The minimum absolute atomic E-state index is 0.118. The lowest BCUT2D eigenvalue weighted by Gasteiger charge is -2.22. The maximum atomic E-state index is 11.9. The van der Waals surface area contributed by atoms with Crippen LogP contribution in [0.2, 0.25) is 0 Å². The van der Waals surface area contributed by atoms with Crippen molar-refractivity contribution in [1.82, 2.24) is 0 Å². The third-order valence-corrected chi connectivity index (χ3v) is 5.18. The molecule has 1 aliphatic carbocycles. The van der Waals surface area contributed by atoms with Crippen LogP contribution in [0.3, 0.4) is 0 Å². The predicted octanol–water partition coefficient (Wildman–Crippen LogP) is 6.85. The molecule has 1 unspecified atom stereocenters. The number of carbonyl (C=O) groups is 1. The van der Waals surface area contributed by atoms with Crippen LogP contribution in [-0.4, -0.2) is 5.97 Å². The maximum Gasteiger partial charge on any atom is 0.311 e. The number of unbranched alkanes of at least 4 members (excludes halogenated alkanes) is 4. The van der Waals surface area contributed by atoms with Crippen LogP contribution >= 0.6 is 0 Å². The van der Waals surface area contributed by atoms with E-state index in [1.165, 1.54) is 57.8 Å². The number of hydrogen-bond donors (Lipinski definition) is 0. The lowest BCUT2D eigenvalue weighted by atomic mass is 9.84. The summed E-state index contributed by atoms with van der Waals surface area (Å²) in [6.45, 7) is 2.27. The van der Waals surface area contributed by atoms with Crippen LogP contribution in [0, 0.1) is 5.92 Å². The SMILES string of the molecule is CCCCCCCC1CC=C(CCCC(=O)Oc2ccccc2)CC1. The Hall–Kier alpha value is -1.57. The van der Waals surface area contributed by atoms with Crippen molar-refractivity contribution in [2.75, 3.05) is 0 Å². The molecule has 0 aromatic heterocycles. The van der Waals surface area contributed by atoms with Gasteiger partial charge in [0.15, 0.2) is 0 Å². The van der Waals surface area contributed by atoms with Crippen LogP contribution in [0.4, 0.5) is 0 Å². The van der Waals surface area contributed by atoms with Crippen molar-refractivity contribution < 1.29 is 9.53 Å². The largest absolute Gasteiger partial charge is 0.427 e. The summed E-state index contributed by atoms with van der Waals surface area (Å²) in [6.07, 6.45) is 17.1. The number of benzene rings is 1. The highest BCUT2D eigenvalue weighted by molar-refractivity contribution is 5.72. The lowest BCUT2D eigenvalue weighted by molar-refractivity contribution is -0.134. The van der Waals surface area contributed by atoms with E-state index in [0.29, 0.717) is 12.2 Å². The fourth-order valence-electron chi connectivity index (χ4n) is 3.60. The molecule has 2 nitrogen and oxygen atoms in total. The molecule has 25 heavy (non-hydrogen) atoms. The molecule has 0 saturated heterocycles. The summed E-state index contributed by atoms with van der Waals surface area (Å²) in [6, 6.07) is 9.34. The highest BCUT2D eigenvalue weighted by Crippen LogP contribution is 2.30. The minimum atomic E-state index is -0.118. The van der Waals surface area contributed by atoms with Crippen molar-refractivity contribution in [3.63, 3.8) is 0 Å². The Morgan fingerprint density at radius 1 is 1.08 bits per heavy atom. The van der Waals surface area contributed by atoms with Gasteiger partial charge in [0.2, 0.25) is 0 Å². The van der Waals surface area contributed by atoms with Crippen molar-refractivity contribution in [2.45, 2.75) is 84.0 Å². The van der Waals surface area contributed by atoms with Crippen molar-refractivity contribution in [1.29, 1.82) is 0 Å². The van der Waals surface area contributed by atoms with Crippen LogP contribution in [-0.2, 0) is 4.79 Å². The molecule has 1 aliphatic rings. The predicted molar refractivity (Wildman–Crippen MR) is 105 cm³/mol. The number of ether oxygens (including phenoxy) is 1. The van der Waals surface area contributed by atoms with E-state index in [9.17, 15) is 4.79 Å². The first-order valence-electron chi connectivity index (χ1n) is 10.2. The second-order valence-corrected chi connectivity index (χ2v) is 7.35. The zero-order valence-corrected chi connectivity index (χ0v) is 15.8. The van der Waals surface area contributed by atoms with Crippen LogP contribution in [0.15, 0.2) is 42.0 Å². The van der Waals surface area contributed by atoms with Crippen molar-refractivity contribution in [3.05, 3.63) is 42.0 Å². The zero-order chi connectivity index (χ0) is 17.7. The third-order valence-electron chi connectivity index (χ3n) is 5.18. The topological polar surface area (TPSA) is 26.3 Å². The van der Waals surface area contributed by atoms with Gasteiger partial charge < -0.3 is 4.74 Å². The first kappa shape index (κ1) is 19.8. The maximum absolute atomic E-state index is 11.9. The average molecular weight is 343 g/mol. The summed E-state index contributed by atoms with van der Waals surface area (Å²) in [4.78, 5) is 11.9. The molecule has 0 amide bonds. The summed E-state index contributed by atoms with van der Waals surface area (Å²) in [5.74, 6) is 1.42. The van der Waals surface area contributed by atoms with Gasteiger partial charge in [-0.25, -0.2) is 0 Å². The van der Waals surface area contributed by atoms with Crippen molar-refractivity contribution >= 4 is 5.97 Å². The fraction of sp³-hybridized carbons (Fsp3) is 0.609. The van der Waals surface area contributed by atoms with E-state index in [4.69, 9.17) is 4.74 Å². The Bertz CT molecular complexity index is 518. The molecule has 0 saturated carbocycles. The molecule has 0 bridgehead atoms. The highest BCUT2D eigenvalue weighted by Gasteiger charge is 2.14. The Kier molecular flexibility index (Phi) is 9.40. The Balaban J connectivity index is 1.55. The monoisotopic (exact) mass is 342 g/mol. The molecular formula is C23H34O2. The number of esters is 1. The van der Waals surface area contributed by atoms with Gasteiger partial charge in [0, 0.05) is 6.42 Å². The van der Waals surface area contributed by atoms with Gasteiger partial charge in [-0.1, -0.05) is 75.3 Å². The second kappa shape index (κ2) is 11.9. The quantitative estimate of drug-likeness (QED) is 0.190. The molecule has 138 valence electrons. The van der Waals surface area contributed by atoms with Crippen LogP contribution in [0.25, 0.3) is 0 Å². The molecule has 0 spiro atoms. The van der Waals surface area contributed by atoms with E-state index >= 15 is 0 Å². The standard InChI is InChI=1S/C23H34O2/c1-2-3-4-5-7-11-20-16-18-21(19-17-20)12-10-15-23(24)25-22-13-8-6-9-14-22/h6,8-9,13-14,18,20H,2-5,7,10-12,15-17,19H2,1H3. The van der Waals surface area contributed by atoms with E-state index < -0.39 is 0 Å². The van der Waals surface area contributed by atoms with Gasteiger partial charge in [0.1, 0.15) is 5.75 Å². The molecule has 2 heteroatoms. The molecule has 2 rings (SSSR count). The molecule has 1 atom stereocenters. The summed E-state index contributed by atoms with van der Waals surface area (Å²) in [5.41, 5.74) is 1.55. The van der Waals surface area contributed by atoms with Gasteiger partial charge >= 0.3 is 5.97 Å². The number of para-hydroxylation sites is 1. The van der Waals surface area contributed by atoms with Gasteiger partial charge in [-0.3, -0.25) is 4.79 Å². The van der Waals surface area contributed by atoms with E-state index in [1.54, 1.807) is 5.57 Å². The average Bonchev–Trinajstić information content (AvgIpc) is 2.63. The Morgan fingerprint density at radius 3 is 2.60 bits per heavy atom. The summed E-state index contributed by atoms with van der Waals surface area (Å²) in [5, 5.41) is 0. The highest BCUT2D eigenvalue weighted by atomic mass is 16.5. The molecular weight excluding hydrogens is 308 g/mol. The Labute approximate surface area is 153 Å². The molecule has 1 aromatic rings. The van der Waals surface area contributed by atoms with E-state index in [1.807, 2.05) is 30.3 Å². The van der Waals surface area contributed by atoms with Gasteiger partial charge in [0.05, 0.1) is 0 Å². The van der Waals surface area contributed by atoms with Crippen LogP contribution in [0.1, 0.15) is 84.0 Å². The minimum Gasteiger partial charge on any atom is -0.427 e. The normalized spacial score (nSPS) is 17.2. The van der Waals surface area contributed by atoms with Gasteiger partial charge in [-0.2, -0.15) is 0 Å². The number of hydrogen-bond acceptors (Lipinski definition) is 2. The molecule has 1 aromatic carbocycles. The summed E-state index contributed by atoms with van der Waals surface area (Å²) >= 11 is 0. The third kappa shape index (κ3) is 8.38. The van der Waals surface area contributed by atoms with E-state index in [-0.39, 0.29) is 5.97 Å². The first-order chi connectivity index (χ1) is 12.3. The van der Waals surface area contributed by atoms with Crippen molar-refractivity contribution in [2.24, 2.45) is 5.92 Å². The molecule has 0 N–H and O–H groups in total. The van der Waals surface area contributed by atoms with Crippen LogP contribution < -0.4 is 4.74 Å². The fourth-order valence-corrected chi connectivity index (χ4v) is 3.60. The van der Waals surface area contributed by atoms with E-state index in [0.717, 1.165) is 18.8 Å². The number of rotatable bonds is 11. The first-order valence-corrected chi connectivity index (χ1v) is 10.2. The van der Waals surface area contributed by atoms with Crippen LogP contribution in [0.5, 0.6) is 5.75 Å². The smallest absolute Gasteiger partial charge is 0.311 e. The molecule has 0 radical (unpaired) electrons. The van der Waals surface area contributed by atoms with Crippen molar-refractivity contribution in [3.8, 4) is 5.75 Å². The second-order valence-electron chi connectivity index (χ2n) is 7.35. The number of allylic oxidation sites excluding steroid dienone is 2. The molecule has 0 aliphatic heterocycles. The Morgan fingerprint density at radius 2 is 1.88 bits per heavy atom. The lowest BCUT2D eigenvalue weighted by Crippen LogP contribution is -2.09.